The standard InChI is InChI=1S/C21H31N7O3S/c1-4-31-19(30)18-14(2)22-21(32-18)25-20-23-16(27-7-5-15(29)6-8-27)13-17(24-20)28-11-9-26(3)10-12-28/h13,15,29H,4-12H2,1-3H3,(H,22,23,24,25). The maximum atomic E-state index is 12.2. The van der Waals surface area contributed by atoms with Crippen molar-refractivity contribution in [2.45, 2.75) is 32.8 Å². The SMILES string of the molecule is CCOC(=O)c1sc(Nc2nc(N3CCC(O)CC3)cc(N3CCN(C)CC3)n2)nc1C. The van der Waals surface area contributed by atoms with E-state index >= 15 is 0 Å². The van der Waals surface area contributed by atoms with E-state index in [4.69, 9.17) is 14.7 Å². The van der Waals surface area contributed by atoms with Crippen LogP contribution in [-0.2, 0) is 4.74 Å². The monoisotopic (exact) mass is 461 g/mol. The van der Waals surface area contributed by atoms with Crippen molar-refractivity contribution < 1.29 is 14.6 Å². The highest BCUT2D eigenvalue weighted by Crippen LogP contribution is 2.29. The van der Waals surface area contributed by atoms with Gasteiger partial charge in [-0.1, -0.05) is 11.3 Å². The zero-order valence-corrected chi connectivity index (χ0v) is 19.7. The number of anilines is 4. The van der Waals surface area contributed by atoms with E-state index < -0.39 is 0 Å². The maximum absolute atomic E-state index is 12.2. The number of aliphatic hydroxyl groups is 1. The molecule has 4 heterocycles. The van der Waals surface area contributed by atoms with Crippen LogP contribution in [0.3, 0.4) is 0 Å². The van der Waals surface area contributed by atoms with Crippen LogP contribution < -0.4 is 15.1 Å². The zero-order valence-electron chi connectivity index (χ0n) is 18.9. The Hall–Kier alpha value is -2.50. The number of carbonyl (C=O) groups is 1. The Morgan fingerprint density at radius 1 is 1.12 bits per heavy atom. The fraction of sp³-hybridized carbons (Fsp3) is 0.619. The highest BCUT2D eigenvalue weighted by atomic mass is 32.1. The molecule has 2 N–H and O–H groups in total. The van der Waals surface area contributed by atoms with Crippen LogP contribution in [0.4, 0.5) is 22.7 Å². The van der Waals surface area contributed by atoms with Gasteiger partial charge in [0.25, 0.3) is 0 Å². The molecule has 2 aromatic heterocycles. The maximum Gasteiger partial charge on any atom is 0.350 e. The Morgan fingerprint density at radius 3 is 2.38 bits per heavy atom. The van der Waals surface area contributed by atoms with Gasteiger partial charge in [-0.05, 0) is 33.7 Å². The molecule has 0 amide bonds. The zero-order chi connectivity index (χ0) is 22.7. The lowest BCUT2D eigenvalue weighted by molar-refractivity contribution is 0.0531. The molecule has 2 saturated heterocycles. The average molecular weight is 462 g/mol. The number of aliphatic hydroxyl groups excluding tert-OH is 1. The second-order valence-corrected chi connectivity index (χ2v) is 9.19. The van der Waals surface area contributed by atoms with E-state index in [2.05, 4.69) is 32.0 Å². The second-order valence-electron chi connectivity index (χ2n) is 8.20. The molecule has 32 heavy (non-hydrogen) atoms. The summed E-state index contributed by atoms with van der Waals surface area (Å²) in [6, 6.07) is 2.03. The number of aryl methyl sites for hydroxylation is 1. The highest BCUT2D eigenvalue weighted by Gasteiger charge is 2.23. The fourth-order valence-electron chi connectivity index (χ4n) is 3.86. The number of esters is 1. The molecule has 0 saturated carbocycles. The summed E-state index contributed by atoms with van der Waals surface area (Å²) in [6.07, 6.45) is 1.21. The van der Waals surface area contributed by atoms with E-state index in [0.717, 1.165) is 63.7 Å². The normalized spacial score (nSPS) is 18.1. The number of aromatic nitrogens is 3. The van der Waals surface area contributed by atoms with Crippen LogP contribution in [0.2, 0.25) is 0 Å². The molecule has 2 aliphatic rings. The third-order valence-corrected chi connectivity index (χ3v) is 6.84. The first-order valence-corrected chi connectivity index (χ1v) is 11.9. The molecule has 2 fully saturated rings. The number of carbonyl (C=O) groups excluding carboxylic acids is 1. The summed E-state index contributed by atoms with van der Waals surface area (Å²) in [6.45, 7) is 9.16. The number of rotatable bonds is 6. The number of ether oxygens (including phenoxy) is 1. The molecule has 0 atom stereocenters. The topological polar surface area (TPSA) is 107 Å². The van der Waals surface area contributed by atoms with Gasteiger partial charge in [0.05, 0.1) is 18.4 Å². The van der Waals surface area contributed by atoms with Crippen molar-refractivity contribution in [1.82, 2.24) is 19.9 Å². The first-order chi connectivity index (χ1) is 15.4. The van der Waals surface area contributed by atoms with Crippen LogP contribution >= 0.6 is 11.3 Å². The third kappa shape index (κ3) is 5.28. The van der Waals surface area contributed by atoms with Gasteiger partial charge in [0.1, 0.15) is 16.5 Å². The summed E-state index contributed by atoms with van der Waals surface area (Å²) in [4.78, 5) is 33.4. The van der Waals surface area contributed by atoms with Gasteiger partial charge in [-0.3, -0.25) is 5.32 Å². The summed E-state index contributed by atoms with van der Waals surface area (Å²) in [7, 11) is 2.13. The minimum absolute atomic E-state index is 0.248. The van der Waals surface area contributed by atoms with Crippen molar-refractivity contribution in [3.05, 3.63) is 16.6 Å². The lowest BCUT2D eigenvalue weighted by Crippen LogP contribution is -2.45. The number of piperidine rings is 1. The van der Waals surface area contributed by atoms with Crippen LogP contribution in [0.1, 0.15) is 35.1 Å². The number of likely N-dealkylation sites (N-methyl/N-ethyl adjacent to an activating group) is 1. The van der Waals surface area contributed by atoms with Gasteiger partial charge in [-0.25, -0.2) is 9.78 Å². The largest absolute Gasteiger partial charge is 0.462 e. The quantitative estimate of drug-likeness (QED) is 0.619. The van der Waals surface area contributed by atoms with Crippen molar-refractivity contribution in [2.24, 2.45) is 0 Å². The number of piperazine rings is 1. The van der Waals surface area contributed by atoms with Crippen LogP contribution in [0.15, 0.2) is 6.07 Å². The number of hydrogen-bond donors (Lipinski definition) is 2. The first kappa shape index (κ1) is 22.7. The molecule has 0 bridgehead atoms. The fourth-order valence-corrected chi connectivity index (χ4v) is 4.72. The number of thiazole rings is 1. The Kier molecular flexibility index (Phi) is 7.07. The lowest BCUT2D eigenvalue weighted by atomic mass is 10.1. The molecule has 10 nitrogen and oxygen atoms in total. The van der Waals surface area contributed by atoms with E-state index in [1.807, 2.05) is 6.07 Å². The molecule has 0 unspecified atom stereocenters. The van der Waals surface area contributed by atoms with E-state index in [9.17, 15) is 9.90 Å². The number of nitrogens with one attached hydrogen (secondary N) is 1. The number of nitrogens with zero attached hydrogens (tertiary/aromatic N) is 6. The van der Waals surface area contributed by atoms with Crippen molar-refractivity contribution >= 4 is 40.0 Å². The highest BCUT2D eigenvalue weighted by molar-refractivity contribution is 7.17. The second kappa shape index (κ2) is 9.97. The van der Waals surface area contributed by atoms with Crippen LogP contribution in [0, 0.1) is 6.92 Å². The van der Waals surface area contributed by atoms with E-state index in [-0.39, 0.29) is 12.1 Å². The van der Waals surface area contributed by atoms with Crippen LogP contribution in [0.5, 0.6) is 0 Å². The van der Waals surface area contributed by atoms with Gasteiger partial charge in [-0.2, -0.15) is 9.97 Å². The summed E-state index contributed by atoms with van der Waals surface area (Å²) in [5.74, 6) is 1.79. The lowest BCUT2D eigenvalue weighted by Gasteiger charge is -2.35. The van der Waals surface area contributed by atoms with E-state index in [0.29, 0.717) is 28.3 Å². The summed E-state index contributed by atoms with van der Waals surface area (Å²) in [5.41, 5.74) is 0.622. The van der Waals surface area contributed by atoms with Gasteiger partial charge in [0.2, 0.25) is 5.95 Å². The minimum Gasteiger partial charge on any atom is -0.462 e. The Balaban J connectivity index is 1.60. The Morgan fingerprint density at radius 2 is 1.75 bits per heavy atom. The Labute approximate surface area is 192 Å². The number of hydrogen-bond acceptors (Lipinski definition) is 11. The van der Waals surface area contributed by atoms with Gasteiger partial charge < -0.3 is 24.5 Å². The molecule has 11 heteroatoms. The predicted octanol–water partition coefficient (Wildman–Crippen LogP) is 1.87. The van der Waals surface area contributed by atoms with Crippen molar-refractivity contribution in [1.29, 1.82) is 0 Å². The van der Waals surface area contributed by atoms with Crippen LogP contribution in [-0.4, -0.2) is 90.0 Å². The van der Waals surface area contributed by atoms with Gasteiger partial charge in [-0.15, -0.1) is 0 Å². The summed E-state index contributed by atoms with van der Waals surface area (Å²) in [5, 5.41) is 13.6. The van der Waals surface area contributed by atoms with Crippen molar-refractivity contribution in [3.63, 3.8) is 0 Å². The molecule has 4 rings (SSSR count). The first-order valence-electron chi connectivity index (χ1n) is 11.1. The minimum atomic E-state index is -0.366. The van der Waals surface area contributed by atoms with Gasteiger partial charge in [0, 0.05) is 45.3 Å². The van der Waals surface area contributed by atoms with Gasteiger partial charge in [0.15, 0.2) is 5.13 Å². The van der Waals surface area contributed by atoms with Crippen molar-refractivity contribution in [3.8, 4) is 0 Å². The molecule has 0 aliphatic carbocycles. The van der Waals surface area contributed by atoms with Crippen LogP contribution in [0.25, 0.3) is 0 Å². The molecular formula is C21H31N7O3S. The Bertz CT molecular complexity index is 897. The summed E-state index contributed by atoms with van der Waals surface area (Å²) >= 11 is 1.24. The van der Waals surface area contributed by atoms with Gasteiger partial charge >= 0.3 is 5.97 Å². The predicted molar refractivity (Wildman–Crippen MR) is 125 cm³/mol. The van der Waals surface area contributed by atoms with E-state index in [1.165, 1.54) is 11.3 Å². The molecular weight excluding hydrogens is 430 g/mol. The molecule has 2 aromatic rings. The van der Waals surface area contributed by atoms with E-state index in [1.54, 1.807) is 13.8 Å². The average Bonchev–Trinajstić information content (AvgIpc) is 3.14. The molecule has 0 radical (unpaired) electrons. The molecule has 0 spiro atoms. The van der Waals surface area contributed by atoms with Crippen molar-refractivity contribution in [2.75, 3.05) is 68.0 Å². The smallest absolute Gasteiger partial charge is 0.350 e. The summed E-state index contributed by atoms with van der Waals surface area (Å²) < 4.78 is 5.12. The third-order valence-electron chi connectivity index (χ3n) is 5.79. The molecule has 2 aliphatic heterocycles. The molecule has 0 aromatic carbocycles. The molecule has 174 valence electrons.